The van der Waals surface area contributed by atoms with E-state index in [1.165, 1.54) is 0 Å². The highest BCUT2D eigenvalue weighted by Crippen LogP contribution is 2.66. The van der Waals surface area contributed by atoms with E-state index in [1.54, 1.807) is 0 Å². The van der Waals surface area contributed by atoms with Gasteiger partial charge in [0.2, 0.25) is 18.6 Å². The summed E-state index contributed by atoms with van der Waals surface area (Å²) in [5, 5.41) is 13.3. The summed E-state index contributed by atoms with van der Waals surface area (Å²) >= 11 is 0. The van der Waals surface area contributed by atoms with Gasteiger partial charge in [0.1, 0.15) is 29.9 Å². The first-order valence-electron chi connectivity index (χ1n) is 23.4. The Morgan fingerprint density at radius 1 is 0.806 bits per heavy atom. The Labute approximate surface area is 390 Å². The van der Waals surface area contributed by atoms with Crippen molar-refractivity contribution < 1.29 is 38.4 Å². The molecule has 0 aromatic heterocycles. The first kappa shape index (κ1) is 42.7. The third kappa shape index (κ3) is 7.61. The molecule has 5 aliphatic heterocycles. The van der Waals surface area contributed by atoms with E-state index in [0.717, 1.165) is 59.4 Å². The Balaban J connectivity index is 1.09. The van der Waals surface area contributed by atoms with Gasteiger partial charge >= 0.3 is 5.97 Å². The fraction of sp³-hybridized carbons (Fsp3) is 0.327. The number of hydrogen-bond acceptors (Lipinski definition) is 10. The second-order valence-electron chi connectivity index (χ2n) is 18.1. The highest BCUT2D eigenvalue weighted by Gasteiger charge is 2.74. The molecular weight excluding hydrogens is 845 g/mol. The number of cyclic esters (lactones) is 1. The van der Waals surface area contributed by atoms with Gasteiger partial charge in [0, 0.05) is 49.5 Å². The van der Waals surface area contributed by atoms with E-state index in [4.69, 9.17) is 18.9 Å². The topological polar surface area (TPSA) is 130 Å². The van der Waals surface area contributed by atoms with Crippen LogP contribution in [0, 0.1) is 17.8 Å². The second-order valence-corrected chi connectivity index (χ2v) is 18.1. The molecule has 0 saturated carbocycles. The normalized spacial score (nSPS) is 25.4. The minimum atomic E-state index is -1.70. The zero-order valence-corrected chi connectivity index (χ0v) is 37.1. The molecule has 6 aliphatic rings. The largest absolute Gasteiger partial charge is 0.491 e. The number of esters is 1. The van der Waals surface area contributed by atoms with Gasteiger partial charge in [-0.15, -0.1) is 0 Å². The SMILES string of the molecule is O=C1O[C@@H](c2ccccc2)[C@@H](c2ccccc2)N2[C@@H](c3ccccc3OCCO)[C@]3(C(=O)Nc4ccc(C#CC5=CCCCC5)cc43)[C@@H](C(=O)N3CCN(Cc4ccc5c(c4)OCO5)CC3)[C@H]12. The van der Waals surface area contributed by atoms with Crippen LogP contribution in [0.2, 0.25) is 0 Å². The number of carbonyl (C=O) groups excluding carboxylic acids is 3. The summed E-state index contributed by atoms with van der Waals surface area (Å²) in [5.74, 6) is 6.17. The van der Waals surface area contributed by atoms with Gasteiger partial charge in [-0.25, -0.2) is 0 Å². The molecule has 5 heterocycles. The Bertz CT molecular complexity index is 2800. The molecule has 340 valence electrons. The number of hydrogen-bond donors (Lipinski definition) is 2. The molecule has 0 unspecified atom stereocenters. The number of para-hydroxylation sites is 1. The van der Waals surface area contributed by atoms with Gasteiger partial charge in [0.25, 0.3) is 0 Å². The van der Waals surface area contributed by atoms with Crippen LogP contribution in [0.15, 0.2) is 133 Å². The van der Waals surface area contributed by atoms with Crippen molar-refractivity contribution in [2.75, 3.05) is 51.5 Å². The summed E-state index contributed by atoms with van der Waals surface area (Å²) in [6, 6.07) is 35.9. The van der Waals surface area contributed by atoms with E-state index < -0.39 is 47.4 Å². The van der Waals surface area contributed by atoms with E-state index in [2.05, 4.69) is 33.0 Å². The van der Waals surface area contributed by atoms with Crippen molar-refractivity contribution in [3.05, 3.63) is 166 Å². The van der Waals surface area contributed by atoms with Crippen molar-refractivity contribution in [3.63, 3.8) is 0 Å². The van der Waals surface area contributed by atoms with Crippen molar-refractivity contribution in [3.8, 4) is 29.1 Å². The zero-order chi connectivity index (χ0) is 45.5. The third-order valence-electron chi connectivity index (χ3n) is 14.3. The summed E-state index contributed by atoms with van der Waals surface area (Å²) in [6.07, 6.45) is 5.53. The van der Waals surface area contributed by atoms with E-state index in [9.17, 15) is 5.11 Å². The van der Waals surface area contributed by atoms with Gasteiger partial charge in [-0.05, 0) is 89.9 Å². The van der Waals surface area contributed by atoms with Crippen LogP contribution in [-0.4, -0.2) is 89.8 Å². The van der Waals surface area contributed by atoms with Crippen LogP contribution >= 0.6 is 0 Å². The van der Waals surface area contributed by atoms with Crippen molar-refractivity contribution in [2.24, 2.45) is 5.92 Å². The summed E-state index contributed by atoms with van der Waals surface area (Å²) < 4.78 is 24.2. The van der Waals surface area contributed by atoms with Crippen LogP contribution in [0.5, 0.6) is 17.2 Å². The first-order valence-corrected chi connectivity index (χ1v) is 23.4. The first-order chi connectivity index (χ1) is 32.9. The van der Waals surface area contributed by atoms with Crippen molar-refractivity contribution >= 4 is 23.5 Å². The molecule has 3 saturated heterocycles. The molecule has 12 heteroatoms. The number of ether oxygens (including phenoxy) is 4. The Hall–Kier alpha value is -6.91. The number of carbonyl (C=O) groups is 3. The maximum Gasteiger partial charge on any atom is 0.324 e. The van der Waals surface area contributed by atoms with Gasteiger partial charge < -0.3 is 34.3 Å². The molecular formula is C55H52N4O8. The second kappa shape index (κ2) is 18.1. The smallest absolute Gasteiger partial charge is 0.324 e. The summed E-state index contributed by atoms with van der Waals surface area (Å²) in [4.78, 5) is 53.6. The lowest BCUT2D eigenvalue weighted by atomic mass is 9.64. The number of morpholine rings is 1. The maximum absolute atomic E-state index is 16.1. The molecule has 0 bridgehead atoms. The Morgan fingerprint density at radius 2 is 1.57 bits per heavy atom. The molecule has 1 aliphatic carbocycles. The molecule has 2 N–H and O–H groups in total. The van der Waals surface area contributed by atoms with Crippen LogP contribution in [0.1, 0.15) is 77.3 Å². The average Bonchev–Trinajstić information content (AvgIpc) is 4.06. The van der Waals surface area contributed by atoms with Gasteiger partial charge in [-0.1, -0.05) is 103 Å². The molecule has 0 radical (unpaired) electrons. The van der Waals surface area contributed by atoms with Crippen LogP contribution in [0.4, 0.5) is 5.69 Å². The fourth-order valence-electron chi connectivity index (χ4n) is 11.3. The minimum Gasteiger partial charge on any atom is -0.491 e. The number of benzene rings is 5. The quantitative estimate of drug-likeness (QED) is 0.115. The number of fused-ring (bicyclic) bond motifs is 4. The third-order valence-corrected chi connectivity index (χ3v) is 14.3. The molecule has 67 heavy (non-hydrogen) atoms. The lowest BCUT2D eigenvalue weighted by molar-refractivity contribution is -0.179. The number of nitrogens with zero attached hydrogens (tertiary/aromatic N) is 3. The van der Waals surface area contributed by atoms with E-state index >= 15 is 14.4 Å². The molecule has 1 spiro atoms. The number of nitrogens with one attached hydrogen (secondary N) is 1. The minimum absolute atomic E-state index is 0.00573. The predicted molar refractivity (Wildman–Crippen MR) is 250 cm³/mol. The van der Waals surface area contributed by atoms with E-state index in [1.807, 2.05) is 126 Å². The predicted octanol–water partition coefficient (Wildman–Crippen LogP) is 7.25. The van der Waals surface area contributed by atoms with E-state index in [-0.39, 0.29) is 25.9 Å². The van der Waals surface area contributed by atoms with Crippen LogP contribution in [-0.2, 0) is 31.1 Å². The molecule has 2 amide bonds. The zero-order valence-electron chi connectivity index (χ0n) is 37.1. The van der Waals surface area contributed by atoms with Crippen LogP contribution in [0.3, 0.4) is 0 Å². The molecule has 11 rings (SSSR count). The maximum atomic E-state index is 16.1. The average molecular weight is 897 g/mol. The number of allylic oxidation sites excluding steroid dienone is 2. The summed E-state index contributed by atoms with van der Waals surface area (Å²) in [7, 11) is 0. The van der Waals surface area contributed by atoms with Crippen molar-refractivity contribution in [1.82, 2.24) is 14.7 Å². The lowest BCUT2D eigenvalue weighted by Crippen LogP contribution is -2.58. The highest BCUT2D eigenvalue weighted by molar-refractivity contribution is 6.12. The number of rotatable bonds is 9. The number of piperazine rings is 1. The highest BCUT2D eigenvalue weighted by atomic mass is 16.7. The standard InChI is InChI=1S/C55H52N4O8/c60-30-31-64-44-19-11-10-18-41(44)51-55(42-32-37(22-24-43(42)56-54(55)63)21-20-36-12-4-1-5-13-36)47(52(61)58-28-26-57(27-29-58)34-38-23-25-45-46(33-38)66-35-65-45)49-53(62)67-50(40-16-8-3-9-17-40)48(59(49)51)39-14-6-2-7-15-39/h2-3,6-12,14-19,22-25,32-33,47-51,60H,1,4-5,13,26-31,34-35H2,(H,56,63)/t47-,48-,49-,50+,51+,55-/m1/s1. The fourth-order valence-corrected chi connectivity index (χ4v) is 11.3. The van der Waals surface area contributed by atoms with Crippen molar-refractivity contribution in [2.45, 2.75) is 61.9 Å². The summed E-state index contributed by atoms with van der Waals surface area (Å²) in [6.45, 7) is 2.50. The van der Waals surface area contributed by atoms with Gasteiger partial charge in [-0.2, -0.15) is 0 Å². The van der Waals surface area contributed by atoms with Crippen molar-refractivity contribution in [1.29, 1.82) is 0 Å². The molecule has 3 fully saturated rings. The molecule has 6 atom stereocenters. The number of aliphatic hydroxyl groups is 1. The Morgan fingerprint density at radius 3 is 2.34 bits per heavy atom. The van der Waals surface area contributed by atoms with Gasteiger partial charge in [0.05, 0.1) is 24.6 Å². The summed E-state index contributed by atoms with van der Waals surface area (Å²) in [5.41, 5.74) is 4.55. The van der Waals surface area contributed by atoms with E-state index in [0.29, 0.717) is 60.9 Å². The van der Waals surface area contributed by atoms with Gasteiger partial charge in [-0.3, -0.25) is 24.2 Å². The van der Waals surface area contributed by atoms with Crippen LogP contribution in [0.25, 0.3) is 0 Å². The Kier molecular flexibility index (Phi) is 11.5. The monoisotopic (exact) mass is 896 g/mol. The number of anilines is 1. The molecule has 5 aromatic rings. The number of amides is 2. The number of aliphatic hydroxyl groups excluding tert-OH is 1. The molecule has 5 aromatic carbocycles. The van der Waals surface area contributed by atoms with Crippen LogP contribution < -0.4 is 19.5 Å². The van der Waals surface area contributed by atoms with Gasteiger partial charge in [0.15, 0.2) is 11.5 Å². The molecule has 12 nitrogen and oxygen atoms in total. The lowest BCUT2D eigenvalue weighted by Gasteiger charge is -2.46.